The molecule has 168 valence electrons. The summed E-state index contributed by atoms with van der Waals surface area (Å²) in [6.45, 7) is 0. The maximum absolute atomic E-state index is 13.4. The molecule has 5 rings (SSSR count). The molecule has 5 aromatic rings. The minimum atomic E-state index is -0.346. The van der Waals surface area contributed by atoms with Gasteiger partial charge in [-0.25, -0.2) is 14.4 Å². The Morgan fingerprint density at radius 1 is 0.941 bits per heavy atom. The summed E-state index contributed by atoms with van der Waals surface area (Å²) in [5, 5.41) is 6.66. The number of hydrogen-bond acceptors (Lipinski definition) is 5. The van der Waals surface area contributed by atoms with Gasteiger partial charge >= 0.3 is 0 Å². The smallest absolute Gasteiger partial charge is 0.272 e. The van der Waals surface area contributed by atoms with Gasteiger partial charge in [0, 0.05) is 34.0 Å². The lowest BCUT2D eigenvalue weighted by Crippen LogP contribution is -2.12. The fourth-order valence-corrected chi connectivity index (χ4v) is 3.53. The van der Waals surface area contributed by atoms with E-state index in [-0.39, 0.29) is 11.7 Å². The molecule has 8 heteroatoms. The number of anilines is 3. The fraction of sp³-hybridized carbons (Fsp3) is 0.0385. The van der Waals surface area contributed by atoms with Crippen molar-refractivity contribution >= 4 is 34.1 Å². The van der Waals surface area contributed by atoms with Gasteiger partial charge in [-0.15, -0.1) is 0 Å². The largest absolute Gasteiger partial charge is 0.497 e. The Morgan fingerprint density at radius 2 is 1.71 bits per heavy atom. The van der Waals surface area contributed by atoms with Crippen LogP contribution in [0, 0.1) is 5.82 Å². The summed E-state index contributed by atoms with van der Waals surface area (Å²) in [4.78, 5) is 24.5. The van der Waals surface area contributed by atoms with Crippen LogP contribution in [0.2, 0.25) is 0 Å². The minimum absolute atomic E-state index is 0.308. The molecule has 0 unspecified atom stereocenters. The van der Waals surface area contributed by atoms with Crippen molar-refractivity contribution in [1.29, 1.82) is 0 Å². The number of aromatic nitrogens is 3. The second-order valence-electron chi connectivity index (χ2n) is 7.57. The number of carbonyl (C=O) groups excluding carboxylic acids is 1. The lowest BCUT2D eigenvalue weighted by molar-refractivity contribution is 0.102. The van der Waals surface area contributed by atoms with E-state index in [1.54, 1.807) is 37.6 Å². The predicted octanol–water partition coefficient (Wildman–Crippen LogP) is 5.77. The summed E-state index contributed by atoms with van der Waals surface area (Å²) in [6.07, 6.45) is 1.68. The number of fused-ring (bicyclic) bond motifs is 1. The average molecular weight is 453 g/mol. The van der Waals surface area contributed by atoms with Crippen LogP contribution < -0.4 is 15.4 Å². The maximum atomic E-state index is 13.4. The first kappa shape index (κ1) is 21.1. The molecule has 2 heterocycles. The Kier molecular flexibility index (Phi) is 5.61. The number of amides is 1. The summed E-state index contributed by atoms with van der Waals surface area (Å²) in [5.41, 5.74) is 4.14. The summed E-state index contributed by atoms with van der Waals surface area (Å²) < 4.78 is 18.6. The zero-order valence-electron chi connectivity index (χ0n) is 18.2. The number of nitrogens with one attached hydrogen (secondary N) is 3. The van der Waals surface area contributed by atoms with Crippen molar-refractivity contribution in [2.45, 2.75) is 0 Å². The first-order valence-electron chi connectivity index (χ1n) is 10.5. The highest BCUT2D eigenvalue weighted by molar-refractivity contribution is 6.06. The van der Waals surface area contributed by atoms with E-state index in [4.69, 9.17) is 4.74 Å². The summed E-state index contributed by atoms with van der Waals surface area (Å²) >= 11 is 0. The van der Waals surface area contributed by atoms with Crippen LogP contribution in [-0.2, 0) is 0 Å². The third kappa shape index (κ3) is 4.56. The molecule has 7 nitrogen and oxygen atoms in total. The van der Waals surface area contributed by atoms with E-state index in [1.165, 1.54) is 12.1 Å². The van der Waals surface area contributed by atoms with Crippen molar-refractivity contribution in [1.82, 2.24) is 15.0 Å². The van der Waals surface area contributed by atoms with Crippen LogP contribution in [0.15, 0.2) is 85.1 Å². The van der Waals surface area contributed by atoms with Crippen molar-refractivity contribution in [3.05, 3.63) is 96.6 Å². The van der Waals surface area contributed by atoms with E-state index in [0.29, 0.717) is 28.2 Å². The zero-order chi connectivity index (χ0) is 23.5. The summed E-state index contributed by atoms with van der Waals surface area (Å²) in [5.74, 6) is 0.583. The molecule has 0 aliphatic carbocycles. The molecule has 0 aliphatic heterocycles. The first-order chi connectivity index (χ1) is 16.6. The average Bonchev–Trinajstić information content (AvgIpc) is 3.29. The normalized spacial score (nSPS) is 10.8. The number of rotatable bonds is 6. The maximum Gasteiger partial charge on any atom is 0.272 e. The van der Waals surface area contributed by atoms with Gasteiger partial charge in [0.2, 0.25) is 5.95 Å². The third-order valence-corrected chi connectivity index (χ3v) is 5.27. The summed E-state index contributed by atoms with van der Waals surface area (Å²) in [6, 6.07) is 22.6. The molecule has 3 N–H and O–H groups in total. The van der Waals surface area contributed by atoms with Crippen molar-refractivity contribution in [2.75, 3.05) is 17.7 Å². The number of H-pyrrole nitrogens is 1. The number of aromatic amines is 1. The molecule has 0 saturated carbocycles. The SMILES string of the molecule is COc1ccc(Nc2nccc(-c3ccc(NC(=O)c4cc5cc(F)ccc5[nH]4)cc3)n2)cc1. The molecule has 3 aromatic carbocycles. The van der Waals surface area contributed by atoms with Crippen molar-refractivity contribution in [3.63, 3.8) is 0 Å². The number of benzene rings is 3. The van der Waals surface area contributed by atoms with E-state index < -0.39 is 0 Å². The third-order valence-electron chi connectivity index (χ3n) is 5.27. The van der Waals surface area contributed by atoms with Gasteiger partial charge in [-0.3, -0.25) is 4.79 Å². The van der Waals surface area contributed by atoms with Crippen LogP contribution in [0.25, 0.3) is 22.2 Å². The number of hydrogen-bond donors (Lipinski definition) is 3. The number of ether oxygens (including phenoxy) is 1. The quantitative estimate of drug-likeness (QED) is 0.304. The molecule has 34 heavy (non-hydrogen) atoms. The Hall–Kier alpha value is -4.72. The van der Waals surface area contributed by atoms with Crippen LogP contribution in [0.1, 0.15) is 10.5 Å². The highest BCUT2D eigenvalue weighted by Crippen LogP contribution is 2.23. The Balaban J connectivity index is 1.28. The van der Waals surface area contributed by atoms with Crippen LogP contribution in [0.3, 0.4) is 0 Å². The molecule has 0 atom stereocenters. The van der Waals surface area contributed by atoms with Crippen LogP contribution >= 0.6 is 0 Å². The van der Waals surface area contributed by atoms with E-state index in [9.17, 15) is 9.18 Å². The molecule has 0 aliphatic rings. The molecule has 0 spiro atoms. The number of halogens is 1. The molecule has 0 fully saturated rings. The van der Waals surface area contributed by atoms with Crippen LogP contribution in [-0.4, -0.2) is 28.0 Å². The monoisotopic (exact) mass is 453 g/mol. The topological polar surface area (TPSA) is 91.9 Å². The minimum Gasteiger partial charge on any atom is -0.497 e. The first-order valence-corrected chi connectivity index (χ1v) is 10.5. The van der Waals surface area contributed by atoms with Gasteiger partial charge in [-0.05, 0) is 66.7 Å². The predicted molar refractivity (Wildman–Crippen MR) is 130 cm³/mol. The molecule has 0 saturated heterocycles. The van der Waals surface area contributed by atoms with E-state index in [0.717, 1.165) is 22.7 Å². The van der Waals surface area contributed by atoms with Gasteiger partial charge in [-0.1, -0.05) is 12.1 Å². The standard InChI is InChI=1S/C26H20FN5O2/c1-34-21-9-7-20(8-10-21)30-26-28-13-12-23(32-26)16-2-5-19(6-3-16)29-25(33)24-15-17-14-18(27)4-11-22(17)31-24/h2-15,31H,1H3,(H,29,33)(H,28,30,32). The molecular weight excluding hydrogens is 433 g/mol. The highest BCUT2D eigenvalue weighted by Gasteiger charge is 2.11. The Labute approximate surface area is 194 Å². The van der Waals surface area contributed by atoms with Crippen molar-refractivity contribution in [2.24, 2.45) is 0 Å². The van der Waals surface area contributed by atoms with Crippen LogP contribution in [0.5, 0.6) is 5.75 Å². The van der Waals surface area contributed by atoms with Gasteiger partial charge in [0.1, 0.15) is 17.3 Å². The van der Waals surface area contributed by atoms with Crippen LogP contribution in [0.4, 0.5) is 21.7 Å². The highest BCUT2D eigenvalue weighted by atomic mass is 19.1. The van der Waals surface area contributed by atoms with E-state index in [2.05, 4.69) is 25.6 Å². The van der Waals surface area contributed by atoms with Gasteiger partial charge in [0.25, 0.3) is 5.91 Å². The molecule has 1 amide bonds. The number of nitrogens with zero attached hydrogens (tertiary/aromatic N) is 2. The Morgan fingerprint density at radius 3 is 2.47 bits per heavy atom. The number of carbonyl (C=O) groups is 1. The van der Waals surface area contributed by atoms with E-state index >= 15 is 0 Å². The summed E-state index contributed by atoms with van der Waals surface area (Å²) in [7, 11) is 1.62. The molecular formula is C26H20FN5O2. The Bertz CT molecular complexity index is 1460. The van der Waals surface area contributed by atoms with Crippen molar-refractivity contribution < 1.29 is 13.9 Å². The van der Waals surface area contributed by atoms with Gasteiger partial charge in [-0.2, -0.15) is 0 Å². The van der Waals surface area contributed by atoms with Gasteiger partial charge in [0.05, 0.1) is 12.8 Å². The van der Waals surface area contributed by atoms with E-state index in [1.807, 2.05) is 42.5 Å². The van der Waals surface area contributed by atoms with Gasteiger partial charge < -0.3 is 20.4 Å². The van der Waals surface area contributed by atoms with Crippen molar-refractivity contribution in [3.8, 4) is 17.0 Å². The second-order valence-corrected chi connectivity index (χ2v) is 7.57. The molecule has 0 radical (unpaired) electrons. The lowest BCUT2D eigenvalue weighted by Gasteiger charge is -2.08. The zero-order valence-corrected chi connectivity index (χ0v) is 18.2. The second kappa shape index (κ2) is 9.03. The molecule has 0 bridgehead atoms. The fourth-order valence-electron chi connectivity index (χ4n) is 3.53. The van der Waals surface area contributed by atoms with Gasteiger partial charge in [0.15, 0.2) is 0 Å². The lowest BCUT2D eigenvalue weighted by atomic mass is 10.1. The number of methoxy groups -OCH3 is 1. The molecule has 2 aromatic heterocycles.